The highest BCUT2D eigenvalue weighted by Crippen LogP contribution is 2.24. The van der Waals surface area contributed by atoms with Crippen LogP contribution in [0.25, 0.3) is 0 Å². The van der Waals surface area contributed by atoms with Gasteiger partial charge in [0.1, 0.15) is 6.54 Å². The van der Waals surface area contributed by atoms with Crippen LogP contribution in [0, 0.1) is 10.1 Å². The maximum absolute atomic E-state index is 11.8. The molecule has 1 amide bonds. The van der Waals surface area contributed by atoms with Crippen molar-refractivity contribution in [3.8, 4) is 0 Å². The lowest BCUT2D eigenvalue weighted by atomic mass is 10.2. The largest absolute Gasteiger partial charge is 0.410 e. The lowest BCUT2D eigenvalue weighted by molar-refractivity contribution is -0.392. The zero-order valence-electron chi connectivity index (χ0n) is 11.4. The SMILES string of the molecule is CCC(CC)NC(=O)Cn1cc(S(=O)(=O)Cl)c([N+](=O)[O-])n1. The fraction of sp³-hybridized carbons (Fsp3) is 0.600. The Morgan fingerprint density at radius 3 is 2.48 bits per heavy atom. The average Bonchev–Trinajstić information content (AvgIpc) is 2.79. The monoisotopic (exact) mass is 338 g/mol. The number of nitrogens with one attached hydrogen (secondary N) is 1. The zero-order valence-corrected chi connectivity index (χ0v) is 13.0. The third-order valence-corrected chi connectivity index (χ3v) is 4.11. The van der Waals surface area contributed by atoms with E-state index in [0.717, 1.165) is 23.7 Å². The van der Waals surface area contributed by atoms with E-state index in [-0.39, 0.29) is 12.6 Å². The van der Waals surface area contributed by atoms with Crippen LogP contribution in [0.4, 0.5) is 5.82 Å². The van der Waals surface area contributed by atoms with Crippen LogP contribution in [0.1, 0.15) is 26.7 Å². The molecule has 0 radical (unpaired) electrons. The number of nitro groups is 1. The summed E-state index contributed by atoms with van der Waals surface area (Å²) in [5.41, 5.74) is 0. The van der Waals surface area contributed by atoms with Crippen LogP contribution >= 0.6 is 10.7 Å². The van der Waals surface area contributed by atoms with Gasteiger partial charge in [0, 0.05) is 16.7 Å². The molecule has 1 aromatic rings. The molecule has 0 atom stereocenters. The minimum Gasteiger partial charge on any atom is -0.358 e. The normalized spacial score (nSPS) is 11.6. The molecular formula is C10H15ClN4O5S. The molecule has 0 fully saturated rings. The first-order chi connectivity index (χ1) is 9.68. The first-order valence-corrected chi connectivity index (χ1v) is 8.45. The van der Waals surface area contributed by atoms with Crippen molar-refractivity contribution >= 4 is 31.5 Å². The highest BCUT2D eigenvalue weighted by atomic mass is 35.7. The van der Waals surface area contributed by atoms with E-state index in [4.69, 9.17) is 10.7 Å². The Morgan fingerprint density at radius 1 is 1.52 bits per heavy atom. The summed E-state index contributed by atoms with van der Waals surface area (Å²) < 4.78 is 23.3. The van der Waals surface area contributed by atoms with Gasteiger partial charge < -0.3 is 15.4 Å². The summed E-state index contributed by atoms with van der Waals surface area (Å²) in [5, 5.41) is 16.9. The molecule has 0 bridgehead atoms. The molecule has 0 unspecified atom stereocenters. The second-order valence-electron chi connectivity index (χ2n) is 4.29. The highest BCUT2D eigenvalue weighted by Gasteiger charge is 2.30. The van der Waals surface area contributed by atoms with E-state index < -0.39 is 30.6 Å². The predicted molar refractivity (Wildman–Crippen MR) is 74.4 cm³/mol. The van der Waals surface area contributed by atoms with Crippen molar-refractivity contribution in [3.63, 3.8) is 0 Å². The van der Waals surface area contributed by atoms with E-state index in [9.17, 15) is 23.3 Å². The summed E-state index contributed by atoms with van der Waals surface area (Å²) in [4.78, 5) is 20.8. The van der Waals surface area contributed by atoms with Crippen LogP contribution in [0.15, 0.2) is 11.1 Å². The molecule has 0 saturated carbocycles. The van der Waals surface area contributed by atoms with Crippen LogP contribution in [-0.2, 0) is 20.4 Å². The predicted octanol–water partition coefficient (Wildman–Crippen LogP) is 1.02. The maximum atomic E-state index is 11.8. The van der Waals surface area contributed by atoms with Crippen molar-refractivity contribution in [3.05, 3.63) is 16.3 Å². The summed E-state index contributed by atoms with van der Waals surface area (Å²) in [5.74, 6) is -1.32. The molecule has 118 valence electrons. The van der Waals surface area contributed by atoms with Crippen LogP contribution in [0.3, 0.4) is 0 Å². The Hall–Kier alpha value is -1.68. The van der Waals surface area contributed by atoms with Gasteiger partial charge in [-0.15, -0.1) is 0 Å². The van der Waals surface area contributed by atoms with E-state index in [2.05, 4.69) is 10.4 Å². The smallest absolute Gasteiger partial charge is 0.358 e. The van der Waals surface area contributed by atoms with Crippen LogP contribution in [0.2, 0.25) is 0 Å². The van der Waals surface area contributed by atoms with Crippen LogP contribution in [-0.4, -0.2) is 35.1 Å². The summed E-state index contributed by atoms with van der Waals surface area (Å²) in [7, 11) is 0.790. The molecule has 1 rings (SSSR count). The summed E-state index contributed by atoms with van der Waals surface area (Å²) in [6.45, 7) is 3.49. The van der Waals surface area contributed by atoms with Crippen LogP contribution < -0.4 is 5.32 Å². The first kappa shape index (κ1) is 17.4. The molecule has 1 aromatic heterocycles. The van der Waals surface area contributed by atoms with Gasteiger partial charge in [-0.2, -0.15) is 4.68 Å². The Bertz CT molecular complexity index is 638. The zero-order chi connectivity index (χ0) is 16.2. The Labute approximate surface area is 125 Å². The Balaban J connectivity index is 2.96. The number of aromatic nitrogens is 2. The average molecular weight is 339 g/mol. The van der Waals surface area contributed by atoms with Crippen molar-refractivity contribution in [2.45, 2.75) is 44.2 Å². The number of hydrogen-bond donors (Lipinski definition) is 1. The van der Waals surface area contributed by atoms with Gasteiger partial charge >= 0.3 is 5.82 Å². The van der Waals surface area contributed by atoms with Gasteiger partial charge in [0.05, 0.1) is 11.3 Å². The number of carbonyl (C=O) groups excluding carboxylic acids is 1. The van der Waals surface area contributed by atoms with Crippen molar-refractivity contribution in [1.82, 2.24) is 15.1 Å². The van der Waals surface area contributed by atoms with Crippen LogP contribution in [0.5, 0.6) is 0 Å². The summed E-state index contributed by atoms with van der Waals surface area (Å²) in [6.07, 6.45) is 2.35. The molecule has 11 heteroatoms. The van der Waals surface area contributed by atoms with Crippen molar-refractivity contribution < 1.29 is 18.1 Å². The van der Waals surface area contributed by atoms with Gasteiger partial charge in [0.2, 0.25) is 10.8 Å². The van der Waals surface area contributed by atoms with E-state index >= 15 is 0 Å². The fourth-order valence-corrected chi connectivity index (χ4v) is 2.59. The van der Waals surface area contributed by atoms with Gasteiger partial charge in [-0.3, -0.25) is 4.79 Å². The van der Waals surface area contributed by atoms with E-state index in [0.29, 0.717) is 0 Å². The minimum atomic E-state index is -4.31. The molecule has 0 saturated heterocycles. The lowest BCUT2D eigenvalue weighted by Crippen LogP contribution is -2.36. The molecule has 0 aliphatic carbocycles. The first-order valence-electron chi connectivity index (χ1n) is 6.14. The Morgan fingerprint density at radius 2 is 2.10 bits per heavy atom. The quantitative estimate of drug-likeness (QED) is 0.449. The van der Waals surface area contributed by atoms with E-state index in [1.807, 2.05) is 13.8 Å². The molecule has 21 heavy (non-hydrogen) atoms. The number of rotatable bonds is 7. The highest BCUT2D eigenvalue weighted by molar-refractivity contribution is 8.13. The maximum Gasteiger partial charge on any atom is 0.410 e. The second kappa shape index (κ2) is 6.85. The number of nitrogens with zero attached hydrogens (tertiary/aromatic N) is 3. The van der Waals surface area contributed by atoms with E-state index in [1.54, 1.807) is 0 Å². The number of carbonyl (C=O) groups is 1. The standard InChI is InChI=1S/C10H15ClN4O5S/c1-3-7(4-2)12-9(16)6-14-5-8(21(11,19)20)10(13-14)15(17)18/h5,7H,3-4,6H2,1-2H3,(H,12,16). The third-order valence-electron chi connectivity index (χ3n) is 2.80. The number of halogens is 1. The van der Waals surface area contributed by atoms with Gasteiger partial charge in [-0.05, 0) is 17.8 Å². The molecule has 0 aromatic carbocycles. The van der Waals surface area contributed by atoms with Gasteiger partial charge in [-0.1, -0.05) is 13.8 Å². The van der Waals surface area contributed by atoms with Crippen molar-refractivity contribution in [2.75, 3.05) is 0 Å². The van der Waals surface area contributed by atoms with Gasteiger partial charge in [-0.25, -0.2) is 8.42 Å². The summed E-state index contributed by atoms with van der Waals surface area (Å²) in [6, 6.07) is -0.0146. The second-order valence-corrected chi connectivity index (χ2v) is 6.82. The van der Waals surface area contributed by atoms with Crippen molar-refractivity contribution in [2.24, 2.45) is 0 Å². The lowest BCUT2D eigenvalue weighted by Gasteiger charge is -2.13. The fourth-order valence-electron chi connectivity index (χ4n) is 1.69. The molecule has 0 spiro atoms. The topological polar surface area (TPSA) is 124 Å². The minimum absolute atomic E-state index is 0.0146. The van der Waals surface area contributed by atoms with E-state index in [1.165, 1.54) is 0 Å². The Kier molecular flexibility index (Phi) is 5.67. The number of amides is 1. The third kappa shape index (κ3) is 4.67. The molecule has 0 aliphatic heterocycles. The molecular weight excluding hydrogens is 324 g/mol. The van der Waals surface area contributed by atoms with Crippen molar-refractivity contribution in [1.29, 1.82) is 0 Å². The molecule has 1 N–H and O–H groups in total. The summed E-state index contributed by atoms with van der Waals surface area (Å²) >= 11 is 0. The van der Waals surface area contributed by atoms with Gasteiger partial charge in [0.15, 0.2) is 0 Å². The molecule has 9 nitrogen and oxygen atoms in total. The van der Waals surface area contributed by atoms with Gasteiger partial charge in [0.25, 0.3) is 9.05 Å². The number of hydrogen-bond acceptors (Lipinski definition) is 6. The molecule has 1 heterocycles. The molecule has 0 aliphatic rings.